The zero-order valence-corrected chi connectivity index (χ0v) is 15.1. The van der Waals surface area contributed by atoms with Crippen molar-refractivity contribution in [3.05, 3.63) is 52.3 Å². The number of aryl methyl sites for hydroxylation is 2. The lowest BCUT2D eigenvalue weighted by Gasteiger charge is -2.08. The van der Waals surface area contributed by atoms with Gasteiger partial charge in [0, 0.05) is 30.3 Å². The molecule has 3 heterocycles. The fourth-order valence-electron chi connectivity index (χ4n) is 2.91. The van der Waals surface area contributed by atoms with Gasteiger partial charge < -0.3 is 9.52 Å². The fraction of sp³-hybridized carbons (Fsp3) is 0.222. The monoisotopic (exact) mass is 368 g/mol. The number of aromatic nitrogens is 4. The minimum Gasteiger partial charge on any atom is -0.508 e. The van der Waals surface area contributed by atoms with Crippen LogP contribution in [0.25, 0.3) is 22.0 Å². The van der Waals surface area contributed by atoms with Gasteiger partial charge in [0.1, 0.15) is 22.7 Å². The first-order chi connectivity index (χ1) is 12.6. The molecule has 0 saturated heterocycles. The van der Waals surface area contributed by atoms with Gasteiger partial charge in [-0.25, -0.2) is 14.8 Å². The van der Waals surface area contributed by atoms with Crippen LogP contribution in [0.15, 0.2) is 45.0 Å². The maximum Gasteiger partial charge on any atom is 0.336 e. The summed E-state index contributed by atoms with van der Waals surface area (Å²) in [5, 5.41) is 16.7. The van der Waals surface area contributed by atoms with Crippen molar-refractivity contribution in [2.45, 2.75) is 24.1 Å². The van der Waals surface area contributed by atoms with Crippen molar-refractivity contribution < 1.29 is 9.52 Å². The molecule has 0 saturated carbocycles. The lowest BCUT2D eigenvalue weighted by atomic mass is 10.1. The van der Waals surface area contributed by atoms with E-state index >= 15 is 0 Å². The Labute approximate surface area is 152 Å². The minimum atomic E-state index is -0.439. The van der Waals surface area contributed by atoms with Crippen molar-refractivity contribution in [2.24, 2.45) is 7.05 Å². The van der Waals surface area contributed by atoms with E-state index in [0.717, 1.165) is 32.6 Å². The summed E-state index contributed by atoms with van der Waals surface area (Å²) >= 11 is 1.51. The number of phenols is 1. The Bertz CT molecular complexity index is 1180. The van der Waals surface area contributed by atoms with Gasteiger partial charge in [-0.05, 0) is 23.6 Å². The first-order valence-corrected chi connectivity index (χ1v) is 9.09. The van der Waals surface area contributed by atoms with Crippen LogP contribution < -0.4 is 5.63 Å². The lowest BCUT2D eigenvalue weighted by molar-refractivity contribution is 0.466. The van der Waals surface area contributed by atoms with E-state index in [2.05, 4.69) is 15.1 Å². The highest BCUT2D eigenvalue weighted by Crippen LogP contribution is 2.31. The van der Waals surface area contributed by atoms with Gasteiger partial charge in [-0.1, -0.05) is 6.92 Å². The molecule has 0 fully saturated rings. The Morgan fingerprint density at radius 3 is 2.85 bits per heavy atom. The van der Waals surface area contributed by atoms with Crippen molar-refractivity contribution in [1.82, 2.24) is 19.7 Å². The third kappa shape index (κ3) is 2.82. The van der Waals surface area contributed by atoms with E-state index in [0.29, 0.717) is 17.8 Å². The second-order valence-corrected chi connectivity index (χ2v) is 6.86. The second-order valence-electron chi connectivity index (χ2n) is 5.89. The smallest absolute Gasteiger partial charge is 0.336 e. The Morgan fingerprint density at radius 1 is 1.19 bits per heavy atom. The summed E-state index contributed by atoms with van der Waals surface area (Å²) in [5.74, 6) is 0.678. The van der Waals surface area contributed by atoms with Crippen LogP contribution in [0, 0.1) is 0 Å². The number of benzene rings is 1. The zero-order chi connectivity index (χ0) is 18.3. The highest BCUT2D eigenvalue weighted by molar-refractivity contribution is 7.98. The maximum atomic E-state index is 11.9. The molecule has 0 unspecified atom stereocenters. The molecule has 26 heavy (non-hydrogen) atoms. The van der Waals surface area contributed by atoms with Gasteiger partial charge in [-0.3, -0.25) is 4.68 Å². The molecule has 3 aromatic heterocycles. The summed E-state index contributed by atoms with van der Waals surface area (Å²) in [5.41, 5.74) is 2.36. The molecule has 8 heteroatoms. The number of hydrogen-bond acceptors (Lipinski definition) is 7. The zero-order valence-electron chi connectivity index (χ0n) is 14.3. The molecule has 0 atom stereocenters. The van der Waals surface area contributed by atoms with Crippen LogP contribution in [-0.4, -0.2) is 24.9 Å². The quantitative estimate of drug-likeness (QED) is 0.336. The number of hydrogen-bond donors (Lipinski definition) is 1. The number of phenolic OH excluding ortho intramolecular Hbond substituents is 1. The summed E-state index contributed by atoms with van der Waals surface area (Å²) in [6.07, 6.45) is 3.94. The van der Waals surface area contributed by atoms with Crippen LogP contribution in [0.5, 0.6) is 5.75 Å². The number of fused-ring (bicyclic) bond motifs is 2. The molecule has 4 aromatic rings. The van der Waals surface area contributed by atoms with Crippen LogP contribution >= 0.6 is 11.8 Å². The molecule has 0 radical (unpaired) electrons. The molecule has 0 amide bonds. The van der Waals surface area contributed by atoms with Crippen molar-refractivity contribution in [3.63, 3.8) is 0 Å². The first-order valence-electron chi connectivity index (χ1n) is 8.11. The summed E-state index contributed by atoms with van der Waals surface area (Å²) in [7, 11) is 1.83. The van der Waals surface area contributed by atoms with Crippen molar-refractivity contribution in [1.29, 1.82) is 0 Å². The molecule has 1 N–H and O–H groups in total. The normalized spacial score (nSPS) is 11.5. The van der Waals surface area contributed by atoms with Crippen LogP contribution in [0.4, 0.5) is 0 Å². The Hall–Kier alpha value is -2.87. The van der Waals surface area contributed by atoms with Crippen LogP contribution in [0.2, 0.25) is 0 Å². The summed E-state index contributed by atoms with van der Waals surface area (Å²) in [6.45, 7) is 1.97. The van der Waals surface area contributed by atoms with E-state index in [1.807, 2.05) is 20.0 Å². The summed E-state index contributed by atoms with van der Waals surface area (Å²) in [6, 6.07) is 4.88. The minimum absolute atomic E-state index is 0.140. The molecule has 0 aliphatic rings. The van der Waals surface area contributed by atoms with Gasteiger partial charge in [-0.15, -0.1) is 11.8 Å². The van der Waals surface area contributed by atoms with Crippen LogP contribution in [0.3, 0.4) is 0 Å². The number of aromatic hydroxyl groups is 1. The van der Waals surface area contributed by atoms with Gasteiger partial charge in [-0.2, -0.15) is 5.10 Å². The van der Waals surface area contributed by atoms with E-state index in [4.69, 9.17) is 4.42 Å². The van der Waals surface area contributed by atoms with E-state index in [-0.39, 0.29) is 5.75 Å². The third-order valence-electron chi connectivity index (χ3n) is 4.27. The number of rotatable bonds is 4. The molecule has 4 rings (SSSR count). The number of nitrogens with zero attached hydrogens (tertiary/aromatic N) is 4. The van der Waals surface area contributed by atoms with E-state index in [1.165, 1.54) is 30.2 Å². The molecular weight excluding hydrogens is 352 g/mol. The average Bonchev–Trinajstić information content (AvgIpc) is 3.01. The van der Waals surface area contributed by atoms with Crippen LogP contribution in [-0.2, 0) is 19.2 Å². The molecule has 0 aliphatic carbocycles. The molecule has 0 spiro atoms. The topological polar surface area (TPSA) is 94.0 Å². The second kappa shape index (κ2) is 6.45. The third-order valence-corrected chi connectivity index (χ3v) is 5.32. The van der Waals surface area contributed by atoms with Gasteiger partial charge in [0.2, 0.25) is 0 Å². The largest absolute Gasteiger partial charge is 0.508 e. The average molecular weight is 368 g/mol. The molecule has 1 aromatic carbocycles. The SMILES string of the molecule is CCc1cc2c(CSc3ncnc4c3cnn4C)cc(=O)oc2cc1O. The predicted molar refractivity (Wildman–Crippen MR) is 99.4 cm³/mol. The van der Waals surface area contributed by atoms with Crippen LogP contribution in [0.1, 0.15) is 18.1 Å². The molecule has 132 valence electrons. The summed E-state index contributed by atoms with van der Waals surface area (Å²) < 4.78 is 6.94. The summed E-state index contributed by atoms with van der Waals surface area (Å²) in [4.78, 5) is 20.5. The van der Waals surface area contributed by atoms with Crippen molar-refractivity contribution in [2.75, 3.05) is 0 Å². The predicted octanol–water partition coefficient (Wildman–Crippen LogP) is 3.03. The maximum absolute atomic E-state index is 11.9. The molecule has 0 aliphatic heterocycles. The van der Waals surface area contributed by atoms with Crippen molar-refractivity contribution in [3.8, 4) is 5.75 Å². The van der Waals surface area contributed by atoms with Gasteiger partial charge in [0.05, 0.1) is 11.6 Å². The van der Waals surface area contributed by atoms with E-state index < -0.39 is 5.63 Å². The number of thioether (sulfide) groups is 1. The highest BCUT2D eigenvalue weighted by atomic mass is 32.2. The van der Waals surface area contributed by atoms with E-state index in [1.54, 1.807) is 10.9 Å². The fourth-order valence-corrected chi connectivity index (χ4v) is 3.86. The highest BCUT2D eigenvalue weighted by Gasteiger charge is 2.13. The Balaban J connectivity index is 1.75. The van der Waals surface area contributed by atoms with E-state index in [9.17, 15) is 9.90 Å². The molecular formula is C18H16N4O3S. The van der Waals surface area contributed by atoms with Gasteiger partial charge >= 0.3 is 5.63 Å². The molecule has 7 nitrogen and oxygen atoms in total. The standard InChI is InChI=1S/C18H16N4O3S/c1-3-10-4-12-11(5-16(24)25-15(12)6-14(10)23)8-26-18-13-7-21-22(2)17(13)19-9-20-18/h4-7,9,23H,3,8H2,1-2H3. The lowest BCUT2D eigenvalue weighted by Crippen LogP contribution is -2.01. The van der Waals surface area contributed by atoms with Gasteiger partial charge in [0.25, 0.3) is 0 Å². The van der Waals surface area contributed by atoms with Gasteiger partial charge in [0.15, 0.2) is 5.65 Å². The first kappa shape index (κ1) is 16.6. The van der Waals surface area contributed by atoms with Crippen molar-refractivity contribution >= 4 is 33.8 Å². The molecule has 0 bridgehead atoms. The Kier molecular flexibility index (Phi) is 4.12. The Morgan fingerprint density at radius 2 is 2.04 bits per heavy atom.